The molecule has 0 fully saturated rings. The van der Waals surface area contributed by atoms with Gasteiger partial charge in [0.05, 0.1) is 42.6 Å². The minimum absolute atomic E-state index is 0.0806. The van der Waals surface area contributed by atoms with Crippen LogP contribution < -0.4 is 19.8 Å². The van der Waals surface area contributed by atoms with Gasteiger partial charge in [-0.25, -0.2) is 17.4 Å². The van der Waals surface area contributed by atoms with Crippen LogP contribution in [0.5, 0.6) is 17.4 Å². The summed E-state index contributed by atoms with van der Waals surface area (Å²) in [6.07, 6.45) is 3.46. The molecule has 0 aliphatic rings. The fourth-order valence-electron chi connectivity index (χ4n) is 6.45. The van der Waals surface area contributed by atoms with Crippen molar-refractivity contribution in [3.8, 4) is 23.1 Å². The first-order chi connectivity index (χ1) is 25.2. The molecule has 10 nitrogen and oxygen atoms in total. The molecule has 3 N–H and O–H groups in total. The number of hydrogen-bond donors (Lipinski definition) is 3. The zero-order valence-corrected chi connectivity index (χ0v) is 28.9. The Morgan fingerprint density at radius 3 is 2.35 bits per heavy atom. The molecule has 0 aliphatic heterocycles. The number of halogens is 1. The zero-order valence-electron chi connectivity index (χ0n) is 28.1. The normalized spacial score (nSPS) is 12.4. The number of sulfonamides is 1. The Labute approximate surface area is 298 Å². The van der Waals surface area contributed by atoms with Gasteiger partial charge in [0, 0.05) is 45.6 Å². The number of anilines is 1. The van der Waals surface area contributed by atoms with Crippen LogP contribution in [0.25, 0.3) is 27.4 Å². The number of aromatic nitrogens is 2. The molecule has 5 aromatic carbocycles. The van der Waals surface area contributed by atoms with Crippen molar-refractivity contribution in [2.45, 2.75) is 10.8 Å². The summed E-state index contributed by atoms with van der Waals surface area (Å²) in [6.45, 7) is 0.216. The third-order valence-electron chi connectivity index (χ3n) is 8.92. The molecule has 1 atom stereocenters. The molecule has 0 aliphatic carbocycles. The number of benzene rings is 5. The second kappa shape index (κ2) is 14.1. The molecule has 0 bridgehead atoms. The molecule has 2 aromatic heterocycles. The van der Waals surface area contributed by atoms with Crippen molar-refractivity contribution in [3.05, 3.63) is 154 Å². The van der Waals surface area contributed by atoms with Crippen molar-refractivity contribution in [1.82, 2.24) is 9.55 Å². The second-order valence-electron chi connectivity index (χ2n) is 11.9. The lowest BCUT2D eigenvalue weighted by Crippen LogP contribution is -2.21. The minimum atomic E-state index is -4.28. The molecule has 52 heavy (non-hydrogen) atoms. The number of para-hydroxylation sites is 3. The highest BCUT2D eigenvalue weighted by molar-refractivity contribution is 7.92. The van der Waals surface area contributed by atoms with Crippen LogP contribution in [0.15, 0.2) is 136 Å². The third-order valence-corrected chi connectivity index (χ3v) is 10.3. The van der Waals surface area contributed by atoms with Crippen LogP contribution in [0.1, 0.15) is 22.6 Å². The smallest absolute Gasteiger partial charge is 0.265 e. The summed E-state index contributed by atoms with van der Waals surface area (Å²) in [7, 11) is -1.12. The van der Waals surface area contributed by atoms with E-state index in [2.05, 4.69) is 9.71 Å². The molecular formula is C40H33FN4O6S. The number of ether oxygens (including phenoxy) is 2. The lowest BCUT2D eigenvalue weighted by Gasteiger charge is -2.20. The lowest BCUT2D eigenvalue weighted by atomic mass is 9.90. The summed E-state index contributed by atoms with van der Waals surface area (Å²) in [5, 5.41) is 13.5. The Balaban J connectivity index is 1.32. The molecule has 0 radical (unpaired) electrons. The number of aliphatic imine (C=N–C) groups is 1. The van der Waals surface area contributed by atoms with Crippen molar-refractivity contribution >= 4 is 43.6 Å². The number of pyridine rings is 1. The fourth-order valence-corrected chi connectivity index (χ4v) is 7.56. The predicted octanol–water partition coefficient (Wildman–Crippen LogP) is 7.39. The molecule has 0 amide bonds. The van der Waals surface area contributed by atoms with Crippen LogP contribution in [0.3, 0.4) is 0 Å². The molecule has 2 heterocycles. The van der Waals surface area contributed by atoms with Gasteiger partial charge < -0.3 is 19.6 Å². The number of rotatable bonds is 11. The average molecular weight is 717 g/mol. The summed E-state index contributed by atoms with van der Waals surface area (Å²) in [4.78, 5) is 21.8. The Kier molecular flexibility index (Phi) is 9.22. The van der Waals surface area contributed by atoms with Gasteiger partial charge in [0.2, 0.25) is 5.88 Å². The first-order valence-corrected chi connectivity index (χ1v) is 17.7. The van der Waals surface area contributed by atoms with E-state index < -0.39 is 27.3 Å². The number of fused-ring (bicyclic) bond motifs is 2. The van der Waals surface area contributed by atoms with Crippen molar-refractivity contribution in [1.29, 1.82) is 0 Å². The quantitative estimate of drug-likeness (QED) is 0.120. The molecule has 12 heteroatoms. The Morgan fingerprint density at radius 1 is 0.865 bits per heavy atom. The highest BCUT2D eigenvalue weighted by Gasteiger charge is 2.24. The maximum atomic E-state index is 14.3. The molecule has 1 unspecified atom stereocenters. The van der Waals surface area contributed by atoms with Gasteiger partial charge in [0.15, 0.2) is 11.5 Å². The SMILES string of the molecule is COc1cccc(C(CN=Cc2c(O)n(-c3cccc(S(=O)(=O)Nc4ccccc4F)c3)c(=O)c3ccccc23)c2c[nH]c3ccccc23)c1OC. The topological polar surface area (TPSA) is 135 Å². The van der Waals surface area contributed by atoms with Crippen molar-refractivity contribution in [2.75, 3.05) is 25.5 Å². The van der Waals surface area contributed by atoms with Gasteiger partial charge >= 0.3 is 0 Å². The Hall–Kier alpha value is -6.40. The van der Waals surface area contributed by atoms with Gasteiger partial charge in [0.1, 0.15) is 5.82 Å². The van der Waals surface area contributed by atoms with Gasteiger partial charge in [-0.3, -0.25) is 14.5 Å². The van der Waals surface area contributed by atoms with E-state index in [4.69, 9.17) is 14.5 Å². The van der Waals surface area contributed by atoms with Crippen LogP contribution in [0.4, 0.5) is 10.1 Å². The molecule has 0 saturated heterocycles. The molecule has 262 valence electrons. The molecule has 7 aromatic rings. The monoisotopic (exact) mass is 716 g/mol. The predicted molar refractivity (Wildman–Crippen MR) is 201 cm³/mol. The summed E-state index contributed by atoms with van der Waals surface area (Å²) in [5.41, 5.74) is 2.30. The molecule has 7 rings (SSSR count). The largest absolute Gasteiger partial charge is 0.494 e. The standard InChI is InChI=1S/C40H33FN4O6S/c1-50-37-20-10-16-29(38(37)51-2)31(32-24-43-35-18-7-5-14-28(32)35)22-42-23-33-27-13-3-4-15-30(27)39(46)45(40(33)47)25-11-9-12-26(21-25)52(48,49)44-36-19-8-6-17-34(36)41/h3-21,23-24,31,43-44,47H,22H2,1-2H3. The van der Waals surface area contributed by atoms with Gasteiger partial charge in [0.25, 0.3) is 15.6 Å². The molecule has 0 spiro atoms. The van der Waals surface area contributed by atoms with E-state index in [1.807, 2.05) is 48.7 Å². The van der Waals surface area contributed by atoms with Gasteiger partial charge in [-0.05, 0) is 54.1 Å². The molecule has 0 saturated carbocycles. The van der Waals surface area contributed by atoms with Crippen molar-refractivity contribution in [3.63, 3.8) is 0 Å². The zero-order chi connectivity index (χ0) is 36.4. The Bertz CT molecular complexity index is 2650. The van der Waals surface area contributed by atoms with E-state index in [9.17, 15) is 22.7 Å². The number of methoxy groups -OCH3 is 2. The van der Waals surface area contributed by atoms with Crippen molar-refractivity contribution in [2.24, 2.45) is 4.99 Å². The number of H-pyrrole nitrogens is 1. The number of nitrogens with one attached hydrogen (secondary N) is 2. The molecular weight excluding hydrogens is 684 g/mol. The number of nitrogens with zero attached hydrogens (tertiary/aromatic N) is 2. The van der Waals surface area contributed by atoms with Crippen LogP contribution in [0.2, 0.25) is 0 Å². The second-order valence-corrected chi connectivity index (χ2v) is 13.6. The van der Waals surface area contributed by atoms with E-state index in [1.54, 1.807) is 38.5 Å². The lowest BCUT2D eigenvalue weighted by molar-refractivity contribution is 0.350. The first-order valence-electron chi connectivity index (χ1n) is 16.2. The van der Waals surface area contributed by atoms with E-state index in [0.29, 0.717) is 16.9 Å². The summed E-state index contributed by atoms with van der Waals surface area (Å²) >= 11 is 0. The highest BCUT2D eigenvalue weighted by Crippen LogP contribution is 2.40. The number of aromatic amines is 1. The number of aromatic hydroxyl groups is 1. The van der Waals surface area contributed by atoms with E-state index in [0.717, 1.165) is 32.7 Å². The van der Waals surface area contributed by atoms with Gasteiger partial charge in [-0.1, -0.05) is 66.7 Å². The van der Waals surface area contributed by atoms with Crippen LogP contribution in [-0.4, -0.2) is 50.1 Å². The maximum absolute atomic E-state index is 14.3. The van der Waals surface area contributed by atoms with E-state index >= 15 is 0 Å². The van der Waals surface area contributed by atoms with Crippen molar-refractivity contribution < 1.29 is 27.4 Å². The maximum Gasteiger partial charge on any atom is 0.265 e. The van der Waals surface area contributed by atoms with Crippen LogP contribution >= 0.6 is 0 Å². The fraction of sp³-hybridized carbons (Fsp3) is 0.100. The highest BCUT2D eigenvalue weighted by atomic mass is 32.2. The van der Waals surface area contributed by atoms with Gasteiger partial charge in [-0.2, -0.15) is 0 Å². The Morgan fingerprint density at radius 2 is 1.58 bits per heavy atom. The summed E-state index contributed by atoms with van der Waals surface area (Å²) in [5.74, 6) is -0.367. The average Bonchev–Trinajstić information content (AvgIpc) is 3.59. The van der Waals surface area contributed by atoms with Gasteiger partial charge in [-0.15, -0.1) is 0 Å². The summed E-state index contributed by atoms with van der Waals surface area (Å²) < 4.78 is 55.6. The number of hydrogen-bond acceptors (Lipinski definition) is 7. The van der Waals surface area contributed by atoms with Crippen LogP contribution in [0, 0.1) is 5.82 Å². The van der Waals surface area contributed by atoms with Crippen LogP contribution in [-0.2, 0) is 10.0 Å². The van der Waals surface area contributed by atoms with E-state index in [1.165, 1.54) is 48.7 Å². The first kappa shape index (κ1) is 34.1. The minimum Gasteiger partial charge on any atom is -0.494 e. The summed E-state index contributed by atoms with van der Waals surface area (Å²) in [6, 6.07) is 31.3. The third kappa shape index (κ3) is 6.24. The van der Waals surface area contributed by atoms with E-state index in [-0.39, 0.29) is 39.7 Å².